The molecule has 0 unspecified atom stereocenters. The van der Waals surface area contributed by atoms with Gasteiger partial charge in [0.2, 0.25) is 5.95 Å². The van der Waals surface area contributed by atoms with Crippen LogP contribution in [0.2, 0.25) is 0 Å². The minimum atomic E-state index is -4.67. The molecule has 0 spiro atoms. The van der Waals surface area contributed by atoms with Crippen molar-refractivity contribution in [1.82, 2.24) is 9.97 Å². The number of halogens is 4. The van der Waals surface area contributed by atoms with Gasteiger partial charge in [0.15, 0.2) is 0 Å². The number of rotatable bonds is 6. The number of phenolic OH excluding ortho intramolecular Hbond substituents is 1. The third-order valence-corrected chi connectivity index (χ3v) is 4.67. The quantitative estimate of drug-likeness (QED) is 0.256. The van der Waals surface area contributed by atoms with E-state index in [2.05, 4.69) is 9.97 Å². The lowest BCUT2D eigenvalue weighted by Crippen LogP contribution is -2.20. The van der Waals surface area contributed by atoms with Gasteiger partial charge in [-0.2, -0.15) is 17.6 Å². The van der Waals surface area contributed by atoms with Crippen molar-refractivity contribution in [2.24, 2.45) is 0 Å². The summed E-state index contributed by atoms with van der Waals surface area (Å²) in [6.45, 7) is -0.0541. The highest BCUT2D eigenvalue weighted by molar-refractivity contribution is 8.00. The molecule has 0 atom stereocenters. The fourth-order valence-electron chi connectivity index (χ4n) is 2.51. The van der Waals surface area contributed by atoms with E-state index in [0.29, 0.717) is 0 Å². The third kappa shape index (κ3) is 4.96. The van der Waals surface area contributed by atoms with Gasteiger partial charge in [-0.3, -0.25) is 4.31 Å². The Bertz CT molecular complexity index is 1000. The zero-order valence-corrected chi connectivity index (χ0v) is 15.8. The van der Waals surface area contributed by atoms with E-state index < -0.39 is 23.4 Å². The number of phenols is 1. The number of para-hydroxylation sites is 1. The maximum absolute atomic E-state index is 13.5. The van der Waals surface area contributed by atoms with E-state index >= 15 is 0 Å². The number of hydrogen-bond donors (Lipinski definition) is 1. The molecule has 3 aromatic rings. The summed E-state index contributed by atoms with van der Waals surface area (Å²) in [5.41, 5.74) is -1.48. The molecule has 10 heteroatoms. The lowest BCUT2D eigenvalue weighted by molar-refractivity contribution is -0.137. The van der Waals surface area contributed by atoms with E-state index in [0.717, 1.165) is 18.0 Å². The summed E-state index contributed by atoms with van der Waals surface area (Å²) in [4.78, 5) is 7.85. The summed E-state index contributed by atoms with van der Waals surface area (Å²) in [6, 6.07) is 11.9. The smallest absolute Gasteiger partial charge is 0.418 e. The summed E-state index contributed by atoms with van der Waals surface area (Å²) >= 11 is 0.953. The van der Waals surface area contributed by atoms with Crippen LogP contribution in [0.25, 0.3) is 11.3 Å². The Hall–Kier alpha value is -2.85. The molecule has 152 valence electrons. The highest BCUT2D eigenvalue weighted by Crippen LogP contribution is 2.40. The molecule has 3 rings (SSSR count). The van der Waals surface area contributed by atoms with Gasteiger partial charge in [-0.25, -0.2) is 9.97 Å². The molecule has 0 saturated carbocycles. The van der Waals surface area contributed by atoms with Gasteiger partial charge < -0.3 is 9.84 Å². The maximum atomic E-state index is 13.5. The number of aromatic nitrogens is 2. The molecule has 0 aliphatic heterocycles. The zero-order chi connectivity index (χ0) is 21.0. The van der Waals surface area contributed by atoms with Crippen molar-refractivity contribution in [2.45, 2.75) is 11.2 Å². The van der Waals surface area contributed by atoms with Gasteiger partial charge in [-0.1, -0.05) is 18.2 Å². The van der Waals surface area contributed by atoms with Crippen LogP contribution in [0.1, 0.15) is 5.56 Å². The summed E-state index contributed by atoms with van der Waals surface area (Å²) in [7, 11) is 1.40. The Balaban J connectivity index is 2.08. The minimum Gasteiger partial charge on any atom is -0.507 e. The minimum absolute atomic E-state index is 0.0541. The van der Waals surface area contributed by atoms with Crippen molar-refractivity contribution in [3.05, 3.63) is 66.1 Å². The molecule has 0 fully saturated rings. The number of ether oxygens (including phenoxy) is 1. The molecule has 0 aliphatic rings. The van der Waals surface area contributed by atoms with Crippen LogP contribution in [0.4, 0.5) is 23.4 Å². The molecule has 0 bridgehead atoms. The number of benzene rings is 1. The first kappa shape index (κ1) is 20.9. The largest absolute Gasteiger partial charge is 0.507 e. The van der Waals surface area contributed by atoms with Crippen LogP contribution in [0, 0.1) is 5.95 Å². The summed E-state index contributed by atoms with van der Waals surface area (Å²) in [6.07, 6.45) is -4.67. The second-order valence-corrected chi connectivity index (χ2v) is 6.81. The molecule has 29 heavy (non-hydrogen) atoms. The predicted molar refractivity (Wildman–Crippen MR) is 101 cm³/mol. The number of alkyl halides is 3. The number of aromatic hydroxyl groups is 1. The first-order valence-corrected chi connectivity index (χ1v) is 9.00. The van der Waals surface area contributed by atoms with Crippen molar-refractivity contribution in [1.29, 1.82) is 0 Å². The molecule has 5 nitrogen and oxygen atoms in total. The van der Waals surface area contributed by atoms with Crippen LogP contribution >= 0.6 is 11.9 Å². The number of hydrogen-bond acceptors (Lipinski definition) is 6. The molecule has 0 radical (unpaired) electrons. The van der Waals surface area contributed by atoms with Crippen LogP contribution in [0.15, 0.2) is 59.6 Å². The molecule has 0 saturated heterocycles. The normalized spacial score (nSPS) is 11.5. The van der Waals surface area contributed by atoms with Crippen LogP contribution in [0.3, 0.4) is 0 Å². The van der Waals surface area contributed by atoms with Crippen LogP contribution in [0.5, 0.6) is 5.75 Å². The SMILES string of the molecule is COCN(Sc1cccc(F)n1)c1ccc(C(F)(F)F)c(-c2ccccc2O)n1. The van der Waals surface area contributed by atoms with Crippen molar-refractivity contribution in [3.8, 4) is 17.0 Å². The highest BCUT2D eigenvalue weighted by atomic mass is 32.2. The second kappa shape index (κ2) is 8.66. The van der Waals surface area contributed by atoms with E-state index in [9.17, 15) is 22.7 Å². The molecule has 2 heterocycles. The fraction of sp³-hybridized carbons (Fsp3) is 0.158. The van der Waals surface area contributed by atoms with Crippen LogP contribution in [-0.4, -0.2) is 28.9 Å². The van der Waals surface area contributed by atoms with Gasteiger partial charge in [0, 0.05) is 24.6 Å². The highest BCUT2D eigenvalue weighted by Gasteiger charge is 2.35. The summed E-state index contributed by atoms with van der Waals surface area (Å²) in [5.74, 6) is -0.905. The average molecular weight is 425 g/mol. The van der Waals surface area contributed by atoms with Gasteiger partial charge in [-0.05, 0) is 36.4 Å². The summed E-state index contributed by atoms with van der Waals surface area (Å²) in [5, 5.41) is 10.3. The first-order chi connectivity index (χ1) is 13.8. The van der Waals surface area contributed by atoms with Gasteiger partial charge in [0.05, 0.1) is 11.3 Å². The monoisotopic (exact) mass is 425 g/mol. The maximum Gasteiger partial charge on any atom is 0.418 e. The Labute approximate surface area is 168 Å². The van der Waals surface area contributed by atoms with E-state index in [4.69, 9.17) is 4.74 Å². The standard InChI is InChI=1S/C19H15F4N3O2S/c1-28-11-26(29-17-8-4-7-15(20)24-17)16-10-9-13(19(21,22)23)18(25-16)12-5-2-3-6-14(12)27/h2-10,27H,11H2,1H3. The topological polar surface area (TPSA) is 58.5 Å². The Morgan fingerprint density at radius 2 is 1.79 bits per heavy atom. The van der Waals surface area contributed by atoms with Crippen LogP contribution in [-0.2, 0) is 10.9 Å². The molecule has 2 aromatic heterocycles. The number of nitrogens with zero attached hydrogens (tertiary/aromatic N) is 3. The van der Waals surface area contributed by atoms with E-state index in [1.807, 2.05) is 0 Å². The Kier molecular flexibility index (Phi) is 6.23. The second-order valence-electron chi connectivity index (χ2n) is 5.77. The van der Waals surface area contributed by atoms with Gasteiger partial charge in [0.1, 0.15) is 23.3 Å². The van der Waals surface area contributed by atoms with Gasteiger partial charge >= 0.3 is 6.18 Å². The first-order valence-electron chi connectivity index (χ1n) is 8.23. The Morgan fingerprint density at radius 1 is 1.03 bits per heavy atom. The summed E-state index contributed by atoms with van der Waals surface area (Å²) < 4.78 is 60.5. The fourth-order valence-corrected chi connectivity index (χ4v) is 3.35. The average Bonchev–Trinajstić information content (AvgIpc) is 2.67. The van der Waals surface area contributed by atoms with E-state index in [1.54, 1.807) is 6.07 Å². The van der Waals surface area contributed by atoms with E-state index in [-0.39, 0.29) is 28.9 Å². The van der Waals surface area contributed by atoms with Gasteiger partial charge in [-0.15, -0.1) is 0 Å². The third-order valence-electron chi connectivity index (χ3n) is 3.74. The molecular weight excluding hydrogens is 410 g/mol. The molecule has 0 amide bonds. The van der Waals surface area contributed by atoms with Gasteiger partial charge in [0.25, 0.3) is 0 Å². The number of methoxy groups -OCH3 is 1. The Morgan fingerprint density at radius 3 is 2.45 bits per heavy atom. The van der Waals surface area contributed by atoms with Crippen molar-refractivity contribution in [3.63, 3.8) is 0 Å². The zero-order valence-electron chi connectivity index (χ0n) is 15.0. The van der Waals surface area contributed by atoms with Crippen molar-refractivity contribution >= 4 is 17.8 Å². The molecule has 1 N–H and O–H groups in total. The predicted octanol–water partition coefficient (Wildman–Crippen LogP) is 5.12. The molecule has 0 aliphatic carbocycles. The lowest BCUT2D eigenvalue weighted by atomic mass is 10.0. The molecular formula is C19H15F4N3O2S. The number of pyridine rings is 2. The molecule has 1 aromatic carbocycles. The van der Waals surface area contributed by atoms with Crippen LogP contribution < -0.4 is 4.31 Å². The van der Waals surface area contributed by atoms with E-state index in [1.165, 1.54) is 53.9 Å². The van der Waals surface area contributed by atoms with Crippen molar-refractivity contribution in [2.75, 3.05) is 18.1 Å². The lowest BCUT2D eigenvalue weighted by Gasteiger charge is -2.22. The van der Waals surface area contributed by atoms with Crippen molar-refractivity contribution < 1.29 is 27.4 Å². The number of anilines is 1.